The van der Waals surface area contributed by atoms with Gasteiger partial charge in [0.2, 0.25) is 0 Å². The number of hydrogen-bond acceptors (Lipinski definition) is 2. The first-order chi connectivity index (χ1) is 16.0. The molecule has 0 atom stereocenters. The van der Waals surface area contributed by atoms with Crippen LogP contribution >= 0.6 is 0 Å². The second-order valence-electron chi connectivity index (χ2n) is 9.42. The van der Waals surface area contributed by atoms with Crippen molar-refractivity contribution in [3.8, 4) is 27.9 Å². The summed E-state index contributed by atoms with van der Waals surface area (Å²) in [6, 6.07) is 27.6. The summed E-state index contributed by atoms with van der Waals surface area (Å²) in [6.07, 6.45) is 4.14. The molecule has 1 saturated carbocycles. The fraction of sp³-hybridized carbons (Fsp3) is 0.207. The molecule has 2 aliphatic rings. The van der Waals surface area contributed by atoms with E-state index < -0.39 is 0 Å². The zero-order valence-electron chi connectivity index (χ0n) is 19.2. The van der Waals surface area contributed by atoms with Gasteiger partial charge in [0.15, 0.2) is 0 Å². The molecule has 4 aromatic rings. The fourth-order valence-electron chi connectivity index (χ4n) is 5.14. The van der Waals surface area contributed by atoms with Gasteiger partial charge >= 0.3 is 0 Å². The van der Waals surface area contributed by atoms with E-state index in [1.807, 2.05) is 36.2 Å². The minimum atomic E-state index is -0.189. The second kappa shape index (κ2) is 7.11. The molecule has 1 aromatic heterocycles. The summed E-state index contributed by atoms with van der Waals surface area (Å²) in [4.78, 5) is 17.6. The molecule has 0 N–H and O–H groups in total. The Morgan fingerprint density at radius 3 is 2.12 bits per heavy atom. The molecule has 0 saturated heterocycles. The number of aromatic nitrogens is 1. The Morgan fingerprint density at radius 2 is 1.45 bits per heavy atom. The number of hydrogen-bond donors (Lipinski definition) is 0. The third kappa shape index (κ3) is 3.01. The van der Waals surface area contributed by atoms with Crippen LogP contribution in [0.2, 0.25) is 0 Å². The first kappa shape index (κ1) is 19.9. The van der Waals surface area contributed by atoms with E-state index in [1.54, 1.807) is 0 Å². The first-order valence-corrected chi connectivity index (χ1v) is 11.5. The molecule has 4 nitrogen and oxygen atoms in total. The molecule has 0 bridgehead atoms. The van der Waals surface area contributed by atoms with Gasteiger partial charge in [0.25, 0.3) is 5.91 Å². The van der Waals surface area contributed by atoms with Gasteiger partial charge in [-0.2, -0.15) is 0 Å². The standard InChI is InChI=1S/C29H27N3O/c1-30(2)24-12-9-21(10-13-24)22-11-14-25-26(17-22)32-19-23(20-7-5-4-6-8-20)18-27(32)28(33)31(3)29(25)15-16-29/h4-14,17-19H,15-16H2,1-3H3. The molecule has 1 spiro atoms. The minimum Gasteiger partial charge on any atom is -0.378 e. The van der Waals surface area contributed by atoms with Crippen LogP contribution in [0, 0.1) is 0 Å². The Kier molecular flexibility index (Phi) is 4.28. The maximum atomic E-state index is 13.6. The SMILES string of the molecule is CN(C)c1ccc(-c2ccc3c(c2)-n2cc(-c4ccccc4)cc2C(=O)N(C)C32CC2)cc1. The fourth-order valence-corrected chi connectivity index (χ4v) is 5.14. The summed E-state index contributed by atoms with van der Waals surface area (Å²) in [5.74, 6) is 0.0859. The molecule has 0 radical (unpaired) electrons. The van der Waals surface area contributed by atoms with Crippen molar-refractivity contribution in [1.82, 2.24) is 9.47 Å². The van der Waals surface area contributed by atoms with Gasteiger partial charge in [-0.25, -0.2) is 0 Å². The largest absolute Gasteiger partial charge is 0.378 e. The van der Waals surface area contributed by atoms with E-state index in [0.717, 1.165) is 40.9 Å². The third-order valence-corrected chi connectivity index (χ3v) is 7.29. The number of fused-ring (bicyclic) bond motifs is 4. The molecule has 1 aliphatic carbocycles. The molecular formula is C29H27N3O. The second-order valence-corrected chi connectivity index (χ2v) is 9.42. The Balaban J connectivity index is 1.54. The van der Waals surface area contributed by atoms with Gasteiger partial charge in [-0.05, 0) is 53.8 Å². The van der Waals surface area contributed by atoms with Crippen LogP contribution in [0.25, 0.3) is 27.9 Å². The average molecular weight is 434 g/mol. The smallest absolute Gasteiger partial charge is 0.271 e. The Bertz CT molecular complexity index is 1360. The molecule has 1 amide bonds. The maximum absolute atomic E-state index is 13.6. The number of amides is 1. The van der Waals surface area contributed by atoms with Gasteiger partial charge < -0.3 is 14.4 Å². The lowest BCUT2D eigenvalue weighted by Gasteiger charge is -2.27. The van der Waals surface area contributed by atoms with Gasteiger partial charge in [0.1, 0.15) is 5.69 Å². The summed E-state index contributed by atoms with van der Waals surface area (Å²) in [6.45, 7) is 0. The number of carbonyl (C=O) groups is 1. The molecule has 0 unspecified atom stereocenters. The van der Waals surface area contributed by atoms with Gasteiger partial charge in [-0.15, -0.1) is 0 Å². The molecule has 1 aliphatic heterocycles. The van der Waals surface area contributed by atoms with Crippen molar-refractivity contribution in [3.05, 3.63) is 96.3 Å². The van der Waals surface area contributed by atoms with E-state index in [-0.39, 0.29) is 11.4 Å². The molecule has 2 heterocycles. The van der Waals surface area contributed by atoms with Crippen molar-refractivity contribution in [2.75, 3.05) is 26.0 Å². The highest BCUT2D eigenvalue weighted by atomic mass is 16.2. The summed E-state index contributed by atoms with van der Waals surface area (Å²) >= 11 is 0. The molecule has 164 valence electrons. The van der Waals surface area contributed by atoms with E-state index in [2.05, 4.69) is 84.4 Å². The molecule has 6 rings (SSSR count). The molecule has 3 aromatic carbocycles. The van der Waals surface area contributed by atoms with E-state index in [9.17, 15) is 4.79 Å². The van der Waals surface area contributed by atoms with E-state index >= 15 is 0 Å². The zero-order chi connectivity index (χ0) is 22.7. The number of anilines is 1. The van der Waals surface area contributed by atoms with Gasteiger partial charge in [-0.1, -0.05) is 54.6 Å². The van der Waals surface area contributed by atoms with Crippen LogP contribution in [0.15, 0.2) is 85.1 Å². The topological polar surface area (TPSA) is 28.5 Å². The van der Waals surface area contributed by atoms with Gasteiger partial charge in [-0.3, -0.25) is 4.79 Å². The average Bonchev–Trinajstić information content (AvgIpc) is 3.55. The zero-order valence-corrected chi connectivity index (χ0v) is 19.2. The highest BCUT2D eigenvalue weighted by Gasteiger charge is 2.53. The Morgan fingerprint density at radius 1 is 0.788 bits per heavy atom. The summed E-state index contributed by atoms with van der Waals surface area (Å²) in [5, 5.41) is 0. The Labute approximate surface area is 194 Å². The van der Waals surface area contributed by atoms with Gasteiger partial charge in [0.05, 0.1) is 11.2 Å². The normalized spacial score (nSPS) is 15.7. The van der Waals surface area contributed by atoms with Gasteiger partial charge in [0, 0.05) is 44.2 Å². The number of nitrogens with zero attached hydrogens (tertiary/aromatic N) is 3. The van der Waals surface area contributed by atoms with Crippen LogP contribution in [0.5, 0.6) is 0 Å². The van der Waals surface area contributed by atoms with Crippen LogP contribution in [-0.2, 0) is 5.54 Å². The lowest BCUT2D eigenvalue weighted by Crippen LogP contribution is -2.36. The van der Waals surface area contributed by atoms with Crippen molar-refractivity contribution in [1.29, 1.82) is 0 Å². The van der Waals surface area contributed by atoms with Crippen molar-refractivity contribution in [2.45, 2.75) is 18.4 Å². The lowest BCUT2D eigenvalue weighted by molar-refractivity contribution is 0.0705. The molecular weight excluding hydrogens is 406 g/mol. The van der Waals surface area contributed by atoms with Crippen LogP contribution in [-0.4, -0.2) is 36.5 Å². The third-order valence-electron chi connectivity index (χ3n) is 7.29. The number of benzene rings is 3. The van der Waals surface area contributed by atoms with Crippen molar-refractivity contribution < 1.29 is 4.79 Å². The van der Waals surface area contributed by atoms with E-state index in [4.69, 9.17) is 0 Å². The van der Waals surface area contributed by atoms with E-state index in [0.29, 0.717) is 0 Å². The lowest BCUT2D eigenvalue weighted by atomic mass is 9.96. The number of rotatable bonds is 3. The quantitative estimate of drug-likeness (QED) is 0.399. The van der Waals surface area contributed by atoms with E-state index in [1.165, 1.54) is 16.8 Å². The number of carbonyl (C=O) groups excluding carboxylic acids is 1. The van der Waals surface area contributed by atoms with Crippen LogP contribution < -0.4 is 4.90 Å². The van der Waals surface area contributed by atoms with Crippen molar-refractivity contribution >= 4 is 11.6 Å². The summed E-state index contributed by atoms with van der Waals surface area (Å²) < 4.78 is 2.11. The molecule has 33 heavy (non-hydrogen) atoms. The first-order valence-electron chi connectivity index (χ1n) is 11.5. The summed E-state index contributed by atoms with van der Waals surface area (Å²) in [7, 11) is 6.06. The molecule has 4 heteroatoms. The predicted octanol–water partition coefficient (Wildman–Crippen LogP) is 5.95. The summed E-state index contributed by atoms with van der Waals surface area (Å²) in [5.41, 5.74) is 8.57. The predicted molar refractivity (Wildman–Crippen MR) is 134 cm³/mol. The van der Waals surface area contributed by atoms with Crippen LogP contribution in [0.4, 0.5) is 5.69 Å². The van der Waals surface area contributed by atoms with Crippen molar-refractivity contribution in [3.63, 3.8) is 0 Å². The van der Waals surface area contributed by atoms with Crippen molar-refractivity contribution in [2.24, 2.45) is 0 Å². The van der Waals surface area contributed by atoms with Crippen LogP contribution in [0.3, 0.4) is 0 Å². The maximum Gasteiger partial charge on any atom is 0.271 e. The Hall–Kier alpha value is -3.79. The van der Waals surface area contributed by atoms with Crippen LogP contribution in [0.1, 0.15) is 28.9 Å². The highest BCUT2D eigenvalue weighted by molar-refractivity contribution is 5.97. The minimum absolute atomic E-state index is 0.0859. The molecule has 1 fully saturated rings. The highest BCUT2D eigenvalue weighted by Crippen LogP contribution is 2.54. The monoisotopic (exact) mass is 433 g/mol.